The minimum absolute atomic E-state index is 0.0704. The zero-order chi connectivity index (χ0) is 10.4. The predicted octanol–water partition coefficient (Wildman–Crippen LogP) is -0.120. The summed E-state index contributed by atoms with van der Waals surface area (Å²) in [5.74, 6) is -0.319. The van der Waals surface area contributed by atoms with Crippen LogP contribution in [0.2, 0.25) is 0 Å². The Labute approximate surface area is 82.0 Å². The topological polar surface area (TPSA) is 80.4 Å². The lowest BCUT2D eigenvalue weighted by Crippen LogP contribution is -2.27. The molecule has 0 unspecified atom stereocenters. The summed E-state index contributed by atoms with van der Waals surface area (Å²) in [6.07, 6.45) is 1.67. The highest BCUT2D eigenvalue weighted by molar-refractivity contribution is 5.97. The zero-order valence-corrected chi connectivity index (χ0v) is 7.90. The van der Waals surface area contributed by atoms with Crippen molar-refractivity contribution in [2.45, 2.75) is 6.92 Å². The number of carbonyl (C=O) groups excluding carboxylic acids is 1. The summed E-state index contributed by atoms with van der Waals surface area (Å²) in [5, 5.41) is 3.84. The van der Waals surface area contributed by atoms with Crippen molar-refractivity contribution in [3.8, 4) is 0 Å². The van der Waals surface area contributed by atoms with Crippen molar-refractivity contribution < 1.29 is 4.79 Å². The normalized spacial score (nSPS) is 11.1. The fraction of sp³-hybridized carbons (Fsp3) is 0.222. The molecule has 0 fully saturated rings. The molecule has 1 aromatic heterocycles. The number of carbonyl (C=O) groups is 1. The smallest absolute Gasteiger partial charge is 0.253 e. The highest BCUT2D eigenvalue weighted by atomic mass is 16.2. The Balaban J connectivity index is 2.66. The lowest BCUT2D eigenvalue weighted by molar-refractivity contribution is -0.119. The van der Waals surface area contributed by atoms with E-state index < -0.39 is 0 Å². The fourth-order valence-corrected chi connectivity index (χ4v) is 0.826. The van der Waals surface area contributed by atoms with Gasteiger partial charge in [0.15, 0.2) is 0 Å². The maximum Gasteiger partial charge on any atom is 0.253 e. The molecule has 5 heteroatoms. The van der Waals surface area contributed by atoms with Crippen LogP contribution in [-0.4, -0.2) is 23.1 Å². The Kier molecular flexibility index (Phi) is 3.75. The quantitative estimate of drug-likeness (QED) is 0.517. The molecule has 1 aromatic rings. The summed E-state index contributed by atoms with van der Waals surface area (Å²) in [6, 6.07) is 5.48. The van der Waals surface area contributed by atoms with E-state index in [0.717, 1.165) is 5.69 Å². The SMILES string of the molecule is CC(=NNC(=O)CN)c1ccccn1. The van der Waals surface area contributed by atoms with E-state index in [2.05, 4.69) is 15.5 Å². The van der Waals surface area contributed by atoms with E-state index in [9.17, 15) is 4.79 Å². The second kappa shape index (κ2) is 5.08. The lowest BCUT2D eigenvalue weighted by Gasteiger charge is -1.99. The number of nitrogens with one attached hydrogen (secondary N) is 1. The van der Waals surface area contributed by atoms with E-state index in [4.69, 9.17) is 5.73 Å². The largest absolute Gasteiger partial charge is 0.322 e. The number of rotatable bonds is 3. The first-order valence-corrected chi connectivity index (χ1v) is 4.18. The van der Waals surface area contributed by atoms with Crippen molar-refractivity contribution in [1.29, 1.82) is 0 Å². The Hall–Kier alpha value is -1.75. The number of nitrogens with zero attached hydrogens (tertiary/aromatic N) is 2. The minimum atomic E-state index is -0.319. The summed E-state index contributed by atoms with van der Waals surface area (Å²) in [4.78, 5) is 14.9. The first kappa shape index (κ1) is 10.3. The van der Waals surface area contributed by atoms with Gasteiger partial charge in [0.25, 0.3) is 5.91 Å². The van der Waals surface area contributed by atoms with Crippen LogP contribution < -0.4 is 11.2 Å². The van der Waals surface area contributed by atoms with Crippen molar-refractivity contribution in [3.63, 3.8) is 0 Å². The summed E-state index contributed by atoms with van der Waals surface area (Å²) in [7, 11) is 0. The van der Waals surface area contributed by atoms with E-state index in [1.54, 1.807) is 13.1 Å². The van der Waals surface area contributed by atoms with Crippen LogP contribution in [0.15, 0.2) is 29.5 Å². The van der Waals surface area contributed by atoms with Gasteiger partial charge in [0.1, 0.15) is 0 Å². The van der Waals surface area contributed by atoms with Gasteiger partial charge in [-0.2, -0.15) is 5.10 Å². The summed E-state index contributed by atoms with van der Waals surface area (Å²) >= 11 is 0. The van der Waals surface area contributed by atoms with Crippen molar-refractivity contribution in [2.75, 3.05) is 6.54 Å². The average molecular weight is 192 g/mol. The van der Waals surface area contributed by atoms with Crippen molar-refractivity contribution in [1.82, 2.24) is 10.4 Å². The van der Waals surface area contributed by atoms with Crippen molar-refractivity contribution >= 4 is 11.6 Å². The minimum Gasteiger partial charge on any atom is -0.322 e. The lowest BCUT2D eigenvalue weighted by atomic mass is 10.3. The van der Waals surface area contributed by atoms with Crippen LogP contribution in [0.3, 0.4) is 0 Å². The Morgan fingerprint density at radius 2 is 2.43 bits per heavy atom. The molecule has 0 aromatic carbocycles. The predicted molar refractivity (Wildman–Crippen MR) is 53.6 cm³/mol. The van der Waals surface area contributed by atoms with Gasteiger partial charge in [0.05, 0.1) is 18.0 Å². The Morgan fingerprint density at radius 1 is 1.64 bits per heavy atom. The second-order valence-electron chi connectivity index (χ2n) is 2.65. The standard InChI is InChI=1S/C9H12N4O/c1-7(12-13-9(14)6-10)8-4-2-3-5-11-8/h2-5H,6,10H2,1H3,(H,13,14). The van der Waals surface area contributed by atoms with Crippen molar-refractivity contribution in [3.05, 3.63) is 30.1 Å². The summed E-state index contributed by atoms with van der Waals surface area (Å²) < 4.78 is 0. The van der Waals surface area contributed by atoms with Gasteiger partial charge in [-0.05, 0) is 19.1 Å². The van der Waals surface area contributed by atoms with Crippen LogP contribution in [0.1, 0.15) is 12.6 Å². The van der Waals surface area contributed by atoms with Gasteiger partial charge >= 0.3 is 0 Å². The number of amides is 1. The molecule has 5 nitrogen and oxygen atoms in total. The molecule has 3 N–H and O–H groups in total. The number of nitrogens with two attached hydrogens (primary N) is 1. The molecular weight excluding hydrogens is 180 g/mol. The Bertz CT molecular complexity index is 334. The van der Waals surface area contributed by atoms with Crippen LogP contribution in [-0.2, 0) is 4.79 Å². The first-order valence-electron chi connectivity index (χ1n) is 4.18. The summed E-state index contributed by atoms with van der Waals surface area (Å²) in [6.45, 7) is 1.69. The molecule has 0 aliphatic carbocycles. The van der Waals surface area contributed by atoms with E-state index in [0.29, 0.717) is 5.71 Å². The Morgan fingerprint density at radius 3 is 3.00 bits per heavy atom. The molecule has 74 valence electrons. The van der Waals surface area contributed by atoms with Gasteiger partial charge in [-0.25, -0.2) is 5.43 Å². The monoisotopic (exact) mass is 192 g/mol. The maximum atomic E-state index is 10.8. The maximum absolute atomic E-state index is 10.8. The van der Waals surface area contributed by atoms with E-state index >= 15 is 0 Å². The zero-order valence-electron chi connectivity index (χ0n) is 7.90. The molecule has 1 heterocycles. The molecule has 0 spiro atoms. The second-order valence-corrected chi connectivity index (χ2v) is 2.65. The summed E-state index contributed by atoms with van der Waals surface area (Å²) in [5.41, 5.74) is 8.79. The van der Waals surface area contributed by atoms with Gasteiger partial charge < -0.3 is 5.73 Å². The van der Waals surface area contributed by atoms with Crippen LogP contribution in [0.25, 0.3) is 0 Å². The molecule has 0 aliphatic rings. The van der Waals surface area contributed by atoms with Gasteiger partial charge in [-0.15, -0.1) is 0 Å². The number of hydrogen-bond donors (Lipinski definition) is 2. The van der Waals surface area contributed by atoms with Crippen LogP contribution >= 0.6 is 0 Å². The third kappa shape index (κ3) is 2.95. The van der Waals surface area contributed by atoms with Gasteiger partial charge in [-0.1, -0.05) is 6.07 Å². The third-order valence-electron chi connectivity index (χ3n) is 1.57. The fourth-order valence-electron chi connectivity index (χ4n) is 0.826. The number of hydrogen-bond acceptors (Lipinski definition) is 4. The molecule has 0 saturated heterocycles. The van der Waals surface area contributed by atoms with E-state index in [1.165, 1.54) is 0 Å². The number of aromatic nitrogens is 1. The first-order chi connectivity index (χ1) is 6.74. The van der Waals surface area contributed by atoms with E-state index in [1.807, 2.05) is 18.2 Å². The van der Waals surface area contributed by atoms with Crippen LogP contribution in [0.5, 0.6) is 0 Å². The highest BCUT2D eigenvalue weighted by Gasteiger charge is 1.98. The van der Waals surface area contributed by atoms with Gasteiger partial charge in [0.2, 0.25) is 0 Å². The van der Waals surface area contributed by atoms with Gasteiger partial charge in [-0.3, -0.25) is 9.78 Å². The van der Waals surface area contributed by atoms with E-state index in [-0.39, 0.29) is 12.5 Å². The number of hydrazone groups is 1. The van der Waals surface area contributed by atoms with Gasteiger partial charge in [0, 0.05) is 6.20 Å². The number of pyridine rings is 1. The van der Waals surface area contributed by atoms with Crippen LogP contribution in [0.4, 0.5) is 0 Å². The highest BCUT2D eigenvalue weighted by Crippen LogP contribution is 1.94. The molecule has 0 radical (unpaired) electrons. The molecular formula is C9H12N4O. The molecule has 1 rings (SSSR count). The molecule has 0 aliphatic heterocycles. The molecule has 0 bridgehead atoms. The van der Waals surface area contributed by atoms with Crippen molar-refractivity contribution in [2.24, 2.45) is 10.8 Å². The average Bonchev–Trinajstić information content (AvgIpc) is 2.26. The molecule has 14 heavy (non-hydrogen) atoms. The molecule has 1 amide bonds. The third-order valence-corrected chi connectivity index (χ3v) is 1.57. The van der Waals surface area contributed by atoms with Crippen LogP contribution in [0, 0.1) is 0 Å². The molecule has 0 atom stereocenters. The molecule has 0 saturated carbocycles.